The van der Waals surface area contributed by atoms with Crippen LogP contribution >= 0.6 is 11.8 Å². The smallest absolute Gasteiger partial charge is 0.221 e. The molecular weight excluding hydrogens is 560 g/mol. The minimum absolute atomic E-state index is 0.00216. The van der Waals surface area contributed by atoms with Crippen LogP contribution in [0.15, 0.2) is 102 Å². The fourth-order valence-electron chi connectivity index (χ4n) is 5.05. The molecule has 0 unspecified atom stereocenters. The first-order valence-corrected chi connectivity index (χ1v) is 15.3. The largest absolute Gasteiger partial charge is 0.392 e. The van der Waals surface area contributed by atoms with Crippen LogP contribution in [0, 0.1) is 0 Å². The van der Waals surface area contributed by atoms with Gasteiger partial charge >= 0.3 is 0 Å². The minimum Gasteiger partial charge on any atom is -0.392 e. The molecule has 0 spiro atoms. The number of ether oxygens (including phenoxy) is 2. The average Bonchev–Trinajstić information content (AvgIpc) is 3.03. The van der Waals surface area contributed by atoms with E-state index in [2.05, 4.69) is 28.8 Å². The molecule has 1 fully saturated rings. The van der Waals surface area contributed by atoms with Gasteiger partial charge in [0.15, 0.2) is 6.29 Å². The number of amides is 2. The van der Waals surface area contributed by atoms with Crippen molar-refractivity contribution < 1.29 is 24.2 Å². The van der Waals surface area contributed by atoms with Gasteiger partial charge in [-0.2, -0.15) is 0 Å². The summed E-state index contributed by atoms with van der Waals surface area (Å²) in [4.78, 5) is 23.9. The van der Waals surface area contributed by atoms with Gasteiger partial charge in [-0.1, -0.05) is 72.8 Å². The highest BCUT2D eigenvalue weighted by Gasteiger charge is 2.32. The Hall–Kier alpha value is -3.95. The zero-order valence-electron chi connectivity index (χ0n) is 24.3. The van der Waals surface area contributed by atoms with Crippen LogP contribution in [0.4, 0.5) is 5.69 Å². The van der Waals surface area contributed by atoms with Crippen LogP contribution in [-0.4, -0.2) is 28.8 Å². The molecule has 7 nitrogen and oxygen atoms in total. The molecule has 1 saturated heterocycles. The van der Waals surface area contributed by atoms with Gasteiger partial charge in [-0.15, -0.1) is 11.8 Å². The van der Waals surface area contributed by atoms with Crippen LogP contribution in [0.5, 0.6) is 0 Å². The van der Waals surface area contributed by atoms with E-state index in [4.69, 9.17) is 9.47 Å². The van der Waals surface area contributed by atoms with Gasteiger partial charge in [0.1, 0.15) is 0 Å². The van der Waals surface area contributed by atoms with E-state index in [0.29, 0.717) is 13.0 Å². The molecule has 2 amide bonds. The highest BCUT2D eigenvalue weighted by Crippen LogP contribution is 2.40. The molecule has 4 aromatic carbocycles. The van der Waals surface area contributed by atoms with E-state index < -0.39 is 6.29 Å². The van der Waals surface area contributed by atoms with Crippen molar-refractivity contribution in [2.75, 3.05) is 11.1 Å². The number of anilines is 1. The lowest BCUT2D eigenvalue weighted by Crippen LogP contribution is -2.31. The van der Waals surface area contributed by atoms with Crippen LogP contribution < -0.4 is 10.6 Å². The molecule has 4 aromatic rings. The average molecular weight is 597 g/mol. The molecule has 43 heavy (non-hydrogen) atoms. The second kappa shape index (κ2) is 14.5. The first-order chi connectivity index (χ1) is 20.9. The van der Waals surface area contributed by atoms with Crippen molar-refractivity contribution in [1.82, 2.24) is 5.32 Å². The first-order valence-electron chi connectivity index (χ1n) is 14.3. The molecule has 0 radical (unpaired) electrons. The second-order valence-electron chi connectivity index (χ2n) is 10.6. The van der Waals surface area contributed by atoms with E-state index in [1.165, 1.54) is 13.8 Å². The van der Waals surface area contributed by atoms with Gasteiger partial charge in [0.2, 0.25) is 11.8 Å². The van der Waals surface area contributed by atoms with Crippen LogP contribution in [0.1, 0.15) is 54.9 Å². The fourth-order valence-corrected chi connectivity index (χ4v) is 5.97. The summed E-state index contributed by atoms with van der Waals surface area (Å²) in [6.07, 6.45) is -0.0927. The Morgan fingerprint density at radius 2 is 1.53 bits per heavy atom. The van der Waals surface area contributed by atoms with E-state index in [0.717, 1.165) is 49.7 Å². The topological polar surface area (TPSA) is 96.9 Å². The highest BCUT2D eigenvalue weighted by atomic mass is 32.2. The van der Waals surface area contributed by atoms with Gasteiger partial charge < -0.3 is 25.2 Å². The van der Waals surface area contributed by atoms with Gasteiger partial charge in [-0.3, -0.25) is 9.59 Å². The molecule has 1 heterocycles. The molecule has 222 valence electrons. The van der Waals surface area contributed by atoms with Crippen molar-refractivity contribution >= 4 is 29.3 Å². The standard InChI is InChI=1S/C35H36N2O5S/c1-23(39)36-20-29-5-3-4-6-33(29)26-11-13-28(14-12-26)35-41-31(19-34(42-35)27-9-7-25(21-38)8-10-27)22-43-32-17-15-30(16-18-32)37-24(2)40/h3-18,31,34-35,38H,19-22H2,1-2H3,(H,36,39)(H,37,40)/t31-,34+,35+/m0/s1. The Morgan fingerprint density at radius 3 is 2.21 bits per heavy atom. The van der Waals surface area contributed by atoms with Gasteiger partial charge in [0.05, 0.1) is 18.8 Å². The van der Waals surface area contributed by atoms with E-state index in [1.807, 2.05) is 78.9 Å². The van der Waals surface area contributed by atoms with Crippen molar-refractivity contribution in [3.63, 3.8) is 0 Å². The third-order valence-electron chi connectivity index (χ3n) is 7.26. The normalized spacial score (nSPS) is 18.2. The lowest BCUT2D eigenvalue weighted by molar-refractivity contribution is -0.245. The maximum absolute atomic E-state index is 11.5. The lowest BCUT2D eigenvalue weighted by Gasteiger charge is -2.36. The lowest BCUT2D eigenvalue weighted by atomic mass is 9.98. The summed E-state index contributed by atoms with van der Waals surface area (Å²) in [7, 11) is 0. The summed E-state index contributed by atoms with van der Waals surface area (Å²) in [5.74, 6) is 0.577. The second-order valence-corrected chi connectivity index (χ2v) is 11.6. The third kappa shape index (κ3) is 8.33. The Balaban J connectivity index is 1.33. The van der Waals surface area contributed by atoms with Gasteiger partial charge in [-0.25, -0.2) is 0 Å². The summed E-state index contributed by atoms with van der Waals surface area (Å²) in [6, 6.07) is 31.9. The molecule has 5 rings (SSSR count). The number of carbonyl (C=O) groups excluding carboxylic acids is 2. The van der Waals surface area contributed by atoms with E-state index >= 15 is 0 Å². The number of nitrogens with one attached hydrogen (secondary N) is 2. The zero-order chi connectivity index (χ0) is 30.2. The quantitative estimate of drug-likeness (QED) is 0.175. The predicted octanol–water partition coefficient (Wildman–Crippen LogP) is 6.78. The van der Waals surface area contributed by atoms with Crippen molar-refractivity contribution in [3.05, 3.63) is 119 Å². The number of hydrogen-bond acceptors (Lipinski definition) is 6. The number of thioether (sulfide) groups is 1. The van der Waals surface area contributed by atoms with E-state index in [1.54, 1.807) is 11.8 Å². The SMILES string of the molecule is CC(=O)NCc1ccccc1-c1ccc([C@@H]2O[C@H](CSc3ccc(NC(C)=O)cc3)C[C@H](c3ccc(CO)cc3)O2)cc1. The maximum Gasteiger partial charge on any atom is 0.221 e. The monoisotopic (exact) mass is 596 g/mol. The number of rotatable bonds is 10. The van der Waals surface area contributed by atoms with Crippen LogP contribution in [0.2, 0.25) is 0 Å². The van der Waals surface area contributed by atoms with Crippen molar-refractivity contribution in [3.8, 4) is 11.1 Å². The van der Waals surface area contributed by atoms with Crippen molar-refractivity contribution in [2.24, 2.45) is 0 Å². The highest BCUT2D eigenvalue weighted by molar-refractivity contribution is 7.99. The molecule has 0 aromatic heterocycles. The third-order valence-corrected chi connectivity index (χ3v) is 8.41. The molecule has 8 heteroatoms. The molecule has 0 saturated carbocycles. The molecule has 0 bridgehead atoms. The molecule has 1 aliphatic heterocycles. The van der Waals surface area contributed by atoms with Gasteiger partial charge in [0.25, 0.3) is 0 Å². The van der Waals surface area contributed by atoms with E-state index in [-0.39, 0.29) is 30.6 Å². The van der Waals surface area contributed by atoms with Crippen LogP contribution in [-0.2, 0) is 32.2 Å². The number of aliphatic hydroxyl groups is 1. The summed E-state index contributed by atoms with van der Waals surface area (Å²) >= 11 is 1.71. The van der Waals surface area contributed by atoms with Crippen LogP contribution in [0.3, 0.4) is 0 Å². The molecular formula is C35H36N2O5S. The maximum atomic E-state index is 11.5. The van der Waals surface area contributed by atoms with Gasteiger partial charge in [-0.05, 0) is 52.1 Å². The summed E-state index contributed by atoms with van der Waals surface area (Å²) < 4.78 is 13.0. The first kappa shape index (κ1) is 30.5. The number of hydrogen-bond donors (Lipinski definition) is 3. The Morgan fingerprint density at radius 1 is 0.837 bits per heavy atom. The van der Waals surface area contributed by atoms with Crippen molar-refractivity contribution in [2.45, 2.75) is 56.8 Å². The minimum atomic E-state index is -0.548. The van der Waals surface area contributed by atoms with Crippen molar-refractivity contribution in [1.29, 1.82) is 0 Å². The van der Waals surface area contributed by atoms with Gasteiger partial charge in [0, 0.05) is 48.7 Å². The summed E-state index contributed by atoms with van der Waals surface area (Å²) in [5, 5.41) is 15.2. The Labute approximate surface area is 256 Å². The number of carbonyl (C=O) groups is 2. The fraction of sp³-hybridized carbons (Fsp3) is 0.257. The zero-order valence-corrected chi connectivity index (χ0v) is 25.1. The number of benzene rings is 4. The molecule has 3 atom stereocenters. The molecule has 1 aliphatic rings. The molecule has 3 N–H and O–H groups in total. The number of aliphatic hydroxyl groups excluding tert-OH is 1. The predicted molar refractivity (Wildman–Crippen MR) is 169 cm³/mol. The Bertz CT molecular complexity index is 1520. The molecule has 0 aliphatic carbocycles. The Kier molecular flexibility index (Phi) is 10.3. The summed E-state index contributed by atoms with van der Waals surface area (Å²) in [6.45, 7) is 3.48. The van der Waals surface area contributed by atoms with E-state index in [9.17, 15) is 14.7 Å². The summed E-state index contributed by atoms with van der Waals surface area (Å²) in [5.41, 5.74) is 6.76. The van der Waals surface area contributed by atoms with Crippen LogP contribution in [0.25, 0.3) is 11.1 Å².